The summed E-state index contributed by atoms with van der Waals surface area (Å²) >= 11 is 1.51. The molecule has 27 heavy (non-hydrogen) atoms. The van der Waals surface area contributed by atoms with E-state index in [0.717, 1.165) is 54.3 Å². The molecule has 0 saturated carbocycles. The Morgan fingerprint density at radius 2 is 1.96 bits per heavy atom. The molecule has 0 radical (unpaired) electrons. The number of rotatable bonds is 9. The zero-order valence-corrected chi connectivity index (χ0v) is 16.3. The highest BCUT2D eigenvalue weighted by atomic mass is 32.1. The number of amides is 1. The van der Waals surface area contributed by atoms with Crippen LogP contribution in [0.2, 0.25) is 0 Å². The molecule has 0 atom stereocenters. The summed E-state index contributed by atoms with van der Waals surface area (Å²) in [7, 11) is 0. The average Bonchev–Trinajstić information content (AvgIpc) is 3.32. The fourth-order valence-electron chi connectivity index (χ4n) is 2.85. The lowest BCUT2D eigenvalue weighted by Crippen LogP contribution is -2.24. The van der Waals surface area contributed by atoms with Gasteiger partial charge in [-0.1, -0.05) is 43.2 Å². The first-order valence-corrected chi connectivity index (χ1v) is 10.1. The highest BCUT2D eigenvalue weighted by molar-refractivity contribution is 7.12. The number of unbranched alkanes of at least 4 members (excludes halogenated alkanes) is 3. The molecule has 2 heterocycles. The first-order valence-electron chi connectivity index (χ1n) is 9.25. The minimum Gasteiger partial charge on any atom is -0.352 e. The van der Waals surface area contributed by atoms with Crippen LogP contribution in [0, 0.1) is 6.92 Å². The molecule has 3 aromatic rings. The fraction of sp³-hybridized carbons (Fsp3) is 0.350. The second kappa shape index (κ2) is 9.43. The first-order chi connectivity index (χ1) is 13.2. The molecule has 0 saturated heterocycles. The molecule has 0 aliphatic carbocycles. The van der Waals surface area contributed by atoms with Gasteiger partial charge in [-0.3, -0.25) is 4.79 Å². The van der Waals surface area contributed by atoms with E-state index in [1.807, 2.05) is 42.6 Å². The normalized spacial score (nSPS) is 10.9. The van der Waals surface area contributed by atoms with Gasteiger partial charge in [-0.2, -0.15) is 5.10 Å². The van der Waals surface area contributed by atoms with Crippen LogP contribution in [0.3, 0.4) is 0 Å². The van der Waals surface area contributed by atoms with Gasteiger partial charge in [0, 0.05) is 17.5 Å². The topological polar surface area (TPSA) is 85.8 Å². The van der Waals surface area contributed by atoms with Gasteiger partial charge in [0.15, 0.2) is 0 Å². The fourth-order valence-corrected chi connectivity index (χ4v) is 3.69. The van der Waals surface area contributed by atoms with Crippen molar-refractivity contribution < 1.29 is 4.79 Å². The Kier molecular flexibility index (Phi) is 6.73. The molecule has 0 bridgehead atoms. The number of thiazole rings is 1. The third-order valence-corrected chi connectivity index (χ3v) is 5.23. The maximum atomic E-state index is 12.4. The maximum absolute atomic E-state index is 12.4. The van der Waals surface area contributed by atoms with E-state index in [1.165, 1.54) is 11.3 Å². The molecule has 0 fully saturated rings. The highest BCUT2D eigenvalue weighted by Gasteiger charge is 2.16. The molecular formula is C20H25N5OS. The van der Waals surface area contributed by atoms with Gasteiger partial charge in [0.1, 0.15) is 0 Å². The van der Waals surface area contributed by atoms with Gasteiger partial charge in [-0.05, 0) is 26.3 Å². The van der Waals surface area contributed by atoms with Crippen molar-refractivity contribution in [3.05, 3.63) is 53.2 Å². The molecule has 142 valence electrons. The summed E-state index contributed by atoms with van der Waals surface area (Å²) < 4.78 is 1.73. The molecule has 7 heteroatoms. The molecule has 2 aromatic heterocycles. The van der Waals surface area contributed by atoms with E-state index >= 15 is 0 Å². The number of carbonyl (C=O) groups excluding carboxylic acids is 1. The zero-order chi connectivity index (χ0) is 19.1. The minimum absolute atomic E-state index is 0.0857. The number of nitrogens with one attached hydrogen (secondary N) is 1. The number of hydrogen-bond acceptors (Lipinski definition) is 5. The molecular weight excluding hydrogens is 358 g/mol. The van der Waals surface area contributed by atoms with Gasteiger partial charge in [0.05, 0.1) is 23.1 Å². The Bertz CT molecular complexity index is 872. The zero-order valence-electron chi connectivity index (χ0n) is 15.5. The van der Waals surface area contributed by atoms with E-state index in [0.29, 0.717) is 12.1 Å². The van der Waals surface area contributed by atoms with Crippen LogP contribution in [-0.4, -0.2) is 33.8 Å². The summed E-state index contributed by atoms with van der Waals surface area (Å²) in [5.41, 5.74) is 8.85. The van der Waals surface area contributed by atoms with Crippen LogP contribution in [0.1, 0.15) is 41.7 Å². The third-order valence-electron chi connectivity index (χ3n) is 4.41. The van der Waals surface area contributed by atoms with Crippen molar-refractivity contribution in [2.45, 2.75) is 32.6 Å². The standard InChI is InChI=1S/C20H25N5OS/c1-15-17(19(26)22-12-8-3-2-7-11-21)13-23-25(15)20-24-18(14-27-20)16-9-5-4-6-10-16/h4-6,9-10,13-14H,2-3,7-8,11-12,21H2,1H3,(H,22,26). The lowest BCUT2D eigenvalue weighted by Gasteiger charge is -2.05. The van der Waals surface area contributed by atoms with E-state index in [4.69, 9.17) is 5.73 Å². The van der Waals surface area contributed by atoms with Crippen molar-refractivity contribution >= 4 is 17.2 Å². The van der Waals surface area contributed by atoms with Crippen LogP contribution in [0.5, 0.6) is 0 Å². The van der Waals surface area contributed by atoms with E-state index < -0.39 is 0 Å². The SMILES string of the molecule is Cc1c(C(=O)NCCCCCCN)cnn1-c1nc(-c2ccccc2)cs1. The van der Waals surface area contributed by atoms with Crippen molar-refractivity contribution in [2.24, 2.45) is 5.73 Å². The summed E-state index contributed by atoms with van der Waals surface area (Å²) in [6, 6.07) is 10.0. The number of aromatic nitrogens is 3. The van der Waals surface area contributed by atoms with Gasteiger partial charge in [0.2, 0.25) is 5.13 Å². The van der Waals surface area contributed by atoms with Crippen LogP contribution < -0.4 is 11.1 Å². The maximum Gasteiger partial charge on any atom is 0.254 e. The Morgan fingerprint density at radius 3 is 2.74 bits per heavy atom. The van der Waals surface area contributed by atoms with Crippen LogP contribution in [0.4, 0.5) is 0 Å². The van der Waals surface area contributed by atoms with Gasteiger partial charge >= 0.3 is 0 Å². The number of benzene rings is 1. The molecule has 6 nitrogen and oxygen atoms in total. The summed E-state index contributed by atoms with van der Waals surface area (Å²) in [5.74, 6) is -0.0857. The molecule has 1 amide bonds. The first kappa shape index (κ1) is 19.3. The van der Waals surface area contributed by atoms with Crippen LogP contribution in [0.15, 0.2) is 41.9 Å². The van der Waals surface area contributed by atoms with Crippen molar-refractivity contribution in [3.8, 4) is 16.4 Å². The number of hydrogen-bond donors (Lipinski definition) is 2. The van der Waals surface area contributed by atoms with Gasteiger partial charge < -0.3 is 11.1 Å². The van der Waals surface area contributed by atoms with Crippen molar-refractivity contribution in [2.75, 3.05) is 13.1 Å². The summed E-state index contributed by atoms with van der Waals surface area (Å²) in [5, 5.41) is 10.1. The molecule has 0 unspecified atom stereocenters. The average molecular weight is 384 g/mol. The Labute approximate surface area is 163 Å². The lowest BCUT2D eigenvalue weighted by molar-refractivity contribution is 0.0952. The second-order valence-corrected chi connectivity index (χ2v) is 7.23. The van der Waals surface area contributed by atoms with Crippen LogP contribution in [0.25, 0.3) is 16.4 Å². The Morgan fingerprint density at radius 1 is 1.19 bits per heavy atom. The van der Waals surface area contributed by atoms with Gasteiger partial charge in [-0.15, -0.1) is 11.3 Å². The molecule has 0 spiro atoms. The molecule has 0 aliphatic rings. The second-order valence-electron chi connectivity index (χ2n) is 6.40. The van der Waals surface area contributed by atoms with Crippen LogP contribution in [-0.2, 0) is 0 Å². The molecule has 3 rings (SSSR count). The monoisotopic (exact) mass is 383 g/mol. The van der Waals surface area contributed by atoms with Crippen LogP contribution >= 0.6 is 11.3 Å². The van der Waals surface area contributed by atoms with Crippen molar-refractivity contribution in [1.29, 1.82) is 0 Å². The molecule has 1 aromatic carbocycles. The largest absolute Gasteiger partial charge is 0.352 e. The van der Waals surface area contributed by atoms with Gasteiger partial charge in [-0.25, -0.2) is 9.67 Å². The predicted molar refractivity (Wildman–Crippen MR) is 109 cm³/mol. The van der Waals surface area contributed by atoms with Crippen molar-refractivity contribution in [1.82, 2.24) is 20.1 Å². The highest BCUT2D eigenvalue weighted by Crippen LogP contribution is 2.25. The van der Waals surface area contributed by atoms with E-state index in [2.05, 4.69) is 15.4 Å². The smallest absolute Gasteiger partial charge is 0.254 e. The Hall–Kier alpha value is -2.51. The number of nitrogens with zero attached hydrogens (tertiary/aromatic N) is 3. The van der Waals surface area contributed by atoms with Crippen molar-refractivity contribution in [3.63, 3.8) is 0 Å². The predicted octanol–water partition coefficient (Wildman–Crippen LogP) is 3.55. The summed E-state index contributed by atoms with van der Waals surface area (Å²) in [6.07, 6.45) is 5.81. The Balaban J connectivity index is 1.63. The minimum atomic E-state index is -0.0857. The van der Waals surface area contributed by atoms with E-state index in [9.17, 15) is 4.79 Å². The van der Waals surface area contributed by atoms with E-state index in [1.54, 1.807) is 10.9 Å². The summed E-state index contributed by atoms with van der Waals surface area (Å²) in [6.45, 7) is 3.30. The number of nitrogens with two attached hydrogens (primary N) is 1. The number of carbonyl (C=O) groups is 1. The molecule has 0 aliphatic heterocycles. The molecule has 3 N–H and O–H groups in total. The third kappa shape index (κ3) is 4.81. The summed E-state index contributed by atoms with van der Waals surface area (Å²) in [4.78, 5) is 17.1. The van der Waals surface area contributed by atoms with Gasteiger partial charge in [0.25, 0.3) is 5.91 Å². The quantitative estimate of drug-likeness (QED) is 0.553. The van der Waals surface area contributed by atoms with E-state index in [-0.39, 0.29) is 5.91 Å². The lowest BCUT2D eigenvalue weighted by atomic mass is 10.2.